The molecule has 2 N–H and O–H groups in total. The Kier molecular flexibility index (Phi) is 5.81. The number of carbonyl (C=O) groups is 1. The summed E-state index contributed by atoms with van der Waals surface area (Å²) in [6, 6.07) is 11.7. The van der Waals surface area contributed by atoms with Crippen molar-refractivity contribution in [2.45, 2.75) is 43.6 Å². The molecule has 33 heavy (non-hydrogen) atoms. The smallest absolute Gasteiger partial charge is 0.253 e. The molecule has 5 rings (SSSR count). The predicted octanol–water partition coefficient (Wildman–Crippen LogP) is 5.14. The van der Waals surface area contributed by atoms with Gasteiger partial charge in [0.15, 0.2) is 0 Å². The zero-order valence-electron chi connectivity index (χ0n) is 18.6. The number of rotatable bonds is 5. The molecule has 1 saturated carbocycles. The molecule has 1 aliphatic carbocycles. The fraction of sp³-hybridized carbons (Fsp3) is 0.385. The number of halogens is 1. The first-order valence-electron chi connectivity index (χ1n) is 11.3. The number of benzene rings is 1. The van der Waals surface area contributed by atoms with Gasteiger partial charge in [0.1, 0.15) is 0 Å². The number of thiophene rings is 1. The highest BCUT2D eigenvalue weighted by atomic mass is 35.5. The van der Waals surface area contributed by atoms with E-state index >= 15 is 0 Å². The Labute approximate surface area is 202 Å². The van der Waals surface area contributed by atoms with Crippen molar-refractivity contribution in [1.82, 2.24) is 9.88 Å². The molecule has 2 fully saturated rings. The summed E-state index contributed by atoms with van der Waals surface area (Å²) in [5.41, 5.74) is 3.73. The number of aromatic nitrogens is 1. The van der Waals surface area contributed by atoms with Crippen LogP contribution < -0.4 is 0 Å². The van der Waals surface area contributed by atoms with Crippen LogP contribution in [-0.4, -0.2) is 51.3 Å². The van der Waals surface area contributed by atoms with Crippen LogP contribution in [0.25, 0.3) is 21.6 Å². The minimum Gasteiger partial charge on any atom is -0.395 e. The van der Waals surface area contributed by atoms with Crippen molar-refractivity contribution in [3.05, 3.63) is 64.3 Å². The second-order valence-corrected chi connectivity index (χ2v) is 10.9. The number of aliphatic hydroxyl groups is 2. The van der Waals surface area contributed by atoms with Crippen molar-refractivity contribution >= 4 is 28.8 Å². The number of nitrogens with zero attached hydrogens (tertiary/aromatic N) is 2. The highest BCUT2D eigenvalue weighted by molar-refractivity contribution is 7.14. The molecule has 1 amide bonds. The van der Waals surface area contributed by atoms with Gasteiger partial charge in [0.05, 0.1) is 17.2 Å². The van der Waals surface area contributed by atoms with Gasteiger partial charge in [-0.3, -0.25) is 9.78 Å². The molecule has 1 saturated heterocycles. The molecule has 0 unspecified atom stereocenters. The van der Waals surface area contributed by atoms with Gasteiger partial charge in [0.25, 0.3) is 5.91 Å². The topological polar surface area (TPSA) is 73.7 Å². The van der Waals surface area contributed by atoms with E-state index < -0.39 is 5.60 Å². The maximum absolute atomic E-state index is 12.9. The lowest BCUT2D eigenvalue weighted by Crippen LogP contribution is -2.45. The Morgan fingerprint density at radius 1 is 1.12 bits per heavy atom. The van der Waals surface area contributed by atoms with Crippen LogP contribution in [0.5, 0.6) is 0 Å². The van der Waals surface area contributed by atoms with Gasteiger partial charge in [0, 0.05) is 46.4 Å². The van der Waals surface area contributed by atoms with Gasteiger partial charge in [-0.2, -0.15) is 0 Å². The van der Waals surface area contributed by atoms with Gasteiger partial charge in [-0.25, -0.2) is 0 Å². The number of piperidine rings is 1. The number of hydrogen-bond donors (Lipinski definition) is 2. The molecule has 0 atom stereocenters. The maximum atomic E-state index is 12.9. The lowest BCUT2D eigenvalue weighted by atomic mass is 9.93. The number of aliphatic hydroxyl groups excluding tert-OH is 1. The van der Waals surface area contributed by atoms with Gasteiger partial charge in [-0.05, 0) is 79.4 Å². The summed E-state index contributed by atoms with van der Waals surface area (Å²) < 4.78 is 0. The number of amides is 1. The summed E-state index contributed by atoms with van der Waals surface area (Å²) in [7, 11) is 0. The quantitative estimate of drug-likeness (QED) is 0.528. The van der Waals surface area contributed by atoms with Crippen LogP contribution in [0.4, 0.5) is 0 Å². The van der Waals surface area contributed by atoms with Gasteiger partial charge in [0.2, 0.25) is 0 Å². The first-order chi connectivity index (χ1) is 15.8. The lowest BCUT2D eigenvalue weighted by Gasteiger charge is -2.35. The molecule has 2 aliphatic rings. The van der Waals surface area contributed by atoms with Gasteiger partial charge >= 0.3 is 0 Å². The Morgan fingerprint density at radius 2 is 1.88 bits per heavy atom. The van der Waals surface area contributed by atoms with Crippen molar-refractivity contribution < 1.29 is 15.0 Å². The molecule has 0 spiro atoms. The Morgan fingerprint density at radius 3 is 2.55 bits per heavy atom. The average Bonchev–Trinajstić information content (AvgIpc) is 3.47. The van der Waals surface area contributed by atoms with E-state index in [4.69, 9.17) is 11.6 Å². The molecule has 0 bridgehead atoms. The highest BCUT2D eigenvalue weighted by Gasteiger charge is 2.45. The Hall–Kier alpha value is -2.25. The summed E-state index contributed by atoms with van der Waals surface area (Å²) >= 11 is 8.23. The van der Waals surface area contributed by atoms with Crippen molar-refractivity contribution in [3.63, 3.8) is 0 Å². The third kappa shape index (κ3) is 4.45. The summed E-state index contributed by atoms with van der Waals surface area (Å²) in [5, 5.41) is 22.5. The van der Waals surface area contributed by atoms with Crippen LogP contribution in [0.2, 0.25) is 5.02 Å². The lowest BCUT2D eigenvalue weighted by molar-refractivity contribution is -0.00202. The second kappa shape index (κ2) is 8.51. The maximum Gasteiger partial charge on any atom is 0.253 e. The monoisotopic (exact) mass is 482 g/mol. The third-order valence-corrected chi connectivity index (χ3v) is 8.28. The van der Waals surface area contributed by atoms with Crippen LogP contribution in [0.1, 0.15) is 48.7 Å². The van der Waals surface area contributed by atoms with Crippen molar-refractivity contribution in [1.29, 1.82) is 0 Å². The summed E-state index contributed by atoms with van der Waals surface area (Å²) in [6.45, 7) is 3.05. The molecule has 0 radical (unpaired) electrons. The first-order valence-corrected chi connectivity index (χ1v) is 12.5. The molecule has 3 heterocycles. The fourth-order valence-electron chi connectivity index (χ4n) is 4.40. The minimum atomic E-state index is -0.692. The molecular weight excluding hydrogens is 456 g/mol. The van der Waals surface area contributed by atoms with E-state index in [-0.39, 0.29) is 17.9 Å². The van der Waals surface area contributed by atoms with Crippen LogP contribution >= 0.6 is 22.9 Å². The molecular formula is C26H27ClN2O3S. The summed E-state index contributed by atoms with van der Waals surface area (Å²) in [6.07, 6.45) is 4.93. The largest absolute Gasteiger partial charge is 0.395 e. The third-order valence-electron chi connectivity index (χ3n) is 7.00. The van der Waals surface area contributed by atoms with E-state index in [1.54, 1.807) is 22.3 Å². The summed E-state index contributed by atoms with van der Waals surface area (Å²) in [4.78, 5) is 20.2. The molecule has 5 nitrogen and oxygen atoms in total. The van der Waals surface area contributed by atoms with Crippen LogP contribution in [0.15, 0.2) is 48.0 Å². The van der Waals surface area contributed by atoms with Gasteiger partial charge in [-0.1, -0.05) is 17.7 Å². The molecule has 3 aromatic rings. The SMILES string of the molecule is CC1(O)CCN(C(=O)c2ccc(-c3cc(-c4ccnc(C5(CO)CC5)c4)cs3)c(Cl)c2)CC1. The zero-order chi connectivity index (χ0) is 23.2. The number of hydrogen-bond acceptors (Lipinski definition) is 5. The number of carbonyl (C=O) groups excluding carboxylic acids is 1. The molecule has 172 valence electrons. The van der Waals surface area contributed by atoms with Crippen molar-refractivity contribution in [3.8, 4) is 21.6 Å². The van der Waals surface area contributed by atoms with E-state index in [1.807, 2.05) is 31.3 Å². The number of likely N-dealkylation sites (tertiary alicyclic amines) is 1. The second-order valence-electron chi connectivity index (χ2n) is 9.55. The summed E-state index contributed by atoms with van der Waals surface area (Å²) in [5.74, 6) is -0.0481. The first kappa shape index (κ1) is 22.5. The van der Waals surface area contributed by atoms with Crippen LogP contribution in [0.3, 0.4) is 0 Å². The van der Waals surface area contributed by atoms with Crippen LogP contribution in [0, 0.1) is 0 Å². The van der Waals surface area contributed by atoms with Crippen LogP contribution in [-0.2, 0) is 5.41 Å². The molecule has 7 heteroatoms. The van der Waals surface area contributed by atoms with E-state index in [0.717, 1.165) is 40.1 Å². The Bertz CT molecular complexity index is 1190. The van der Waals surface area contributed by atoms with E-state index in [0.29, 0.717) is 36.5 Å². The fourth-order valence-corrected chi connectivity index (χ4v) is 5.69. The van der Waals surface area contributed by atoms with E-state index in [2.05, 4.69) is 22.5 Å². The van der Waals surface area contributed by atoms with Gasteiger partial charge in [-0.15, -0.1) is 11.3 Å². The average molecular weight is 483 g/mol. The minimum absolute atomic E-state index is 0.0481. The van der Waals surface area contributed by atoms with Gasteiger partial charge < -0.3 is 15.1 Å². The van der Waals surface area contributed by atoms with Crippen molar-refractivity contribution in [2.75, 3.05) is 19.7 Å². The molecule has 1 aromatic carbocycles. The number of pyridine rings is 1. The van der Waals surface area contributed by atoms with E-state index in [9.17, 15) is 15.0 Å². The standard InChI is InChI=1S/C26H27ClN2O3S/c1-25(32)7-10-29(11-8-25)24(31)18-2-3-20(21(27)12-18)22-13-19(15-33-22)17-4-9-28-23(14-17)26(16-30)5-6-26/h2-4,9,12-15,30,32H,5-8,10-11,16H2,1H3. The van der Waals surface area contributed by atoms with Crippen molar-refractivity contribution in [2.24, 2.45) is 0 Å². The molecule has 1 aliphatic heterocycles. The highest BCUT2D eigenvalue weighted by Crippen LogP contribution is 2.47. The zero-order valence-corrected chi connectivity index (χ0v) is 20.1. The van der Waals surface area contributed by atoms with E-state index in [1.165, 1.54) is 0 Å². The Balaban J connectivity index is 1.35. The predicted molar refractivity (Wildman–Crippen MR) is 132 cm³/mol. The normalized spacial score (nSPS) is 18.8. The molecule has 2 aromatic heterocycles.